The highest BCUT2D eigenvalue weighted by atomic mass is 32.2. The molecular weight excluding hydrogens is 454 g/mol. The van der Waals surface area contributed by atoms with Gasteiger partial charge in [-0.15, -0.1) is 0 Å². The van der Waals surface area contributed by atoms with E-state index >= 15 is 0 Å². The zero-order valence-electron chi connectivity index (χ0n) is 19.8. The lowest BCUT2D eigenvalue weighted by atomic mass is 10.1. The largest absolute Gasteiger partial charge is 0.492 e. The number of morpholine rings is 1. The predicted molar refractivity (Wildman–Crippen MR) is 131 cm³/mol. The van der Waals surface area contributed by atoms with Gasteiger partial charge in [0.2, 0.25) is 10.0 Å². The molecule has 0 saturated carbocycles. The zero-order chi connectivity index (χ0) is 24.1. The monoisotopic (exact) mass is 487 g/mol. The van der Waals surface area contributed by atoms with Crippen LogP contribution in [0.5, 0.6) is 5.75 Å². The van der Waals surface area contributed by atoms with E-state index in [2.05, 4.69) is 17.1 Å². The summed E-state index contributed by atoms with van der Waals surface area (Å²) in [7, 11) is -3.69. The van der Waals surface area contributed by atoms with Gasteiger partial charge in [-0.3, -0.25) is 9.69 Å². The van der Waals surface area contributed by atoms with E-state index < -0.39 is 10.0 Å². The van der Waals surface area contributed by atoms with Crippen LogP contribution in [0.15, 0.2) is 47.4 Å². The number of nitrogens with one attached hydrogen (secondary N) is 1. The highest BCUT2D eigenvalue weighted by Crippen LogP contribution is 2.32. The molecule has 1 amide bonds. The minimum Gasteiger partial charge on any atom is -0.492 e. The number of benzene rings is 2. The van der Waals surface area contributed by atoms with E-state index in [1.807, 2.05) is 19.1 Å². The number of anilines is 1. The summed E-state index contributed by atoms with van der Waals surface area (Å²) in [5.74, 6) is 0.00871. The molecule has 0 radical (unpaired) electrons. The van der Waals surface area contributed by atoms with Gasteiger partial charge in [-0.05, 0) is 62.6 Å². The van der Waals surface area contributed by atoms with E-state index in [-0.39, 0.29) is 16.9 Å². The van der Waals surface area contributed by atoms with Crippen molar-refractivity contribution in [2.24, 2.45) is 0 Å². The van der Waals surface area contributed by atoms with Gasteiger partial charge in [0.05, 0.1) is 19.3 Å². The van der Waals surface area contributed by atoms with Crippen LogP contribution in [0, 0.1) is 0 Å². The molecule has 2 saturated heterocycles. The molecule has 2 fully saturated rings. The fourth-order valence-electron chi connectivity index (χ4n) is 4.39. The minimum absolute atomic E-state index is 0.0872. The second kappa shape index (κ2) is 10.9. The molecule has 0 spiro atoms. The second-order valence-corrected chi connectivity index (χ2v) is 10.7. The summed E-state index contributed by atoms with van der Waals surface area (Å²) in [5.41, 5.74) is 2.06. The van der Waals surface area contributed by atoms with E-state index in [0.717, 1.165) is 44.6 Å². The molecule has 0 bridgehead atoms. The van der Waals surface area contributed by atoms with E-state index in [1.54, 1.807) is 24.3 Å². The van der Waals surface area contributed by atoms with Crippen molar-refractivity contribution < 1.29 is 22.7 Å². The third-order valence-electron chi connectivity index (χ3n) is 6.13. The van der Waals surface area contributed by atoms with Gasteiger partial charge in [0.1, 0.15) is 10.6 Å². The Hall–Kier alpha value is -2.46. The molecule has 2 aliphatic heterocycles. The molecule has 2 aromatic carbocycles. The molecule has 2 aliphatic rings. The van der Waals surface area contributed by atoms with Crippen LogP contribution in [0.2, 0.25) is 0 Å². The Bertz CT molecular complexity index is 1100. The number of ether oxygens (including phenoxy) is 2. The average molecular weight is 488 g/mol. The fourth-order valence-corrected chi connectivity index (χ4v) is 6.06. The standard InChI is InChI=1S/C25H33N3O5S/c1-3-32-23-11-10-22(16-24(23)34(30,31)28-12-4-5-13-28)26-25(29)21-8-6-20(7-9-21)18-27-14-15-33-19(2)17-27/h6-11,16,19H,3-5,12-15,17-18H2,1-2H3,(H,26,29)/t19-/m1/s1. The number of carbonyl (C=O) groups is 1. The van der Waals surface area contributed by atoms with E-state index in [4.69, 9.17) is 9.47 Å². The average Bonchev–Trinajstić information content (AvgIpc) is 3.37. The SMILES string of the molecule is CCOc1ccc(NC(=O)c2ccc(CN3CCO[C@H](C)C3)cc2)cc1S(=O)(=O)N1CCCC1. The minimum atomic E-state index is -3.69. The number of hydrogen-bond acceptors (Lipinski definition) is 6. The molecule has 0 aromatic heterocycles. The third-order valence-corrected chi connectivity index (χ3v) is 8.05. The van der Waals surface area contributed by atoms with Crippen molar-refractivity contribution in [3.05, 3.63) is 53.6 Å². The summed E-state index contributed by atoms with van der Waals surface area (Å²) in [4.78, 5) is 15.3. The van der Waals surface area contributed by atoms with Crippen LogP contribution in [0.25, 0.3) is 0 Å². The molecule has 8 nitrogen and oxygen atoms in total. The maximum Gasteiger partial charge on any atom is 0.255 e. The lowest BCUT2D eigenvalue weighted by Gasteiger charge is -2.31. The van der Waals surface area contributed by atoms with Gasteiger partial charge >= 0.3 is 0 Å². The number of rotatable bonds is 8. The Morgan fingerprint density at radius 1 is 1.12 bits per heavy atom. The topological polar surface area (TPSA) is 88.2 Å². The van der Waals surface area contributed by atoms with Gasteiger partial charge < -0.3 is 14.8 Å². The van der Waals surface area contributed by atoms with Crippen LogP contribution in [0.1, 0.15) is 42.6 Å². The summed E-state index contributed by atoms with van der Waals surface area (Å²) in [5, 5.41) is 2.83. The Labute approximate surface area is 201 Å². The Morgan fingerprint density at radius 3 is 2.53 bits per heavy atom. The Balaban J connectivity index is 1.47. The van der Waals surface area contributed by atoms with Crippen molar-refractivity contribution >= 4 is 21.6 Å². The number of nitrogens with zero attached hydrogens (tertiary/aromatic N) is 2. The van der Waals surface area contributed by atoms with Gasteiger partial charge in [0, 0.05) is 44.0 Å². The van der Waals surface area contributed by atoms with Gasteiger partial charge in [-0.25, -0.2) is 8.42 Å². The van der Waals surface area contributed by atoms with Crippen molar-refractivity contribution in [2.75, 3.05) is 44.7 Å². The molecule has 2 aromatic rings. The quantitative estimate of drug-likeness (QED) is 0.615. The number of hydrogen-bond donors (Lipinski definition) is 1. The first-order chi connectivity index (χ1) is 16.4. The molecule has 4 rings (SSSR count). The van der Waals surface area contributed by atoms with E-state index in [9.17, 15) is 13.2 Å². The van der Waals surface area contributed by atoms with Crippen molar-refractivity contribution in [3.63, 3.8) is 0 Å². The Kier molecular flexibility index (Phi) is 7.88. The molecule has 184 valence electrons. The van der Waals surface area contributed by atoms with Crippen molar-refractivity contribution in [1.82, 2.24) is 9.21 Å². The molecular formula is C25H33N3O5S. The molecule has 1 N–H and O–H groups in total. The number of amides is 1. The van der Waals surface area contributed by atoms with Crippen LogP contribution in [0.4, 0.5) is 5.69 Å². The van der Waals surface area contributed by atoms with Gasteiger partial charge in [0.15, 0.2) is 0 Å². The maximum absolute atomic E-state index is 13.2. The summed E-state index contributed by atoms with van der Waals surface area (Å²) < 4.78 is 39.0. The van der Waals surface area contributed by atoms with Crippen LogP contribution < -0.4 is 10.1 Å². The summed E-state index contributed by atoms with van der Waals surface area (Å²) in [6.07, 6.45) is 1.92. The first-order valence-corrected chi connectivity index (χ1v) is 13.3. The summed E-state index contributed by atoms with van der Waals surface area (Å²) >= 11 is 0. The lowest BCUT2D eigenvalue weighted by Crippen LogP contribution is -2.40. The summed E-state index contributed by atoms with van der Waals surface area (Å²) in [6.45, 7) is 8.57. The van der Waals surface area contributed by atoms with Crippen molar-refractivity contribution in [1.29, 1.82) is 0 Å². The Morgan fingerprint density at radius 2 is 1.85 bits per heavy atom. The lowest BCUT2D eigenvalue weighted by molar-refractivity contribution is -0.0212. The summed E-state index contributed by atoms with van der Waals surface area (Å²) in [6, 6.07) is 12.3. The van der Waals surface area contributed by atoms with Crippen LogP contribution in [-0.4, -0.2) is 69.0 Å². The number of sulfonamides is 1. The zero-order valence-corrected chi connectivity index (χ0v) is 20.6. The molecule has 0 unspecified atom stereocenters. The van der Waals surface area contributed by atoms with E-state index in [1.165, 1.54) is 10.4 Å². The smallest absolute Gasteiger partial charge is 0.255 e. The first-order valence-electron chi connectivity index (χ1n) is 11.9. The molecule has 34 heavy (non-hydrogen) atoms. The number of carbonyl (C=O) groups excluding carboxylic acids is 1. The van der Waals surface area contributed by atoms with Crippen LogP contribution in [0.3, 0.4) is 0 Å². The van der Waals surface area contributed by atoms with Crippen LogP contribution in [-0.2, 0) is 21.3 Å². The molecule has 9 heteroatoms. The van der Waals surface area contributed by atoms with Crippen molar-refractivity contribution in [2.45, 2.75) is 44.2 Å². The highest BCUT2D eigenvalue weighted by Gasteiger charge is 2.30. The molecule has 1 atom stereocenters. The van der Waals surface area contributed by atoms with Crippen LogP contribution >= 0.6 is 0 Å². The second-order valence-electron chi connectivity index (χ2n) is 8.77. The van der Waals surface area contributed by atoms with Gasteiger partial charge in [-0.1, -0.05) is 12.1 Å². The molecule has 2 heterocycles. The highest BCUT2D eigenvalue weighted by molar-refractivity contribution is 7.89. The van der Waals surface area contributed by atoms with Gasteiger partial charge in [0.25, 0.3) is 5.91 Å². The maximum atomic E-state index is 13.2. The van der Waals surface area contributed by atoms with Crippen molar-refractivity contribution in [3.8, 4) is 5.75 Å². The first kappa shape index (κ1) is 24.7. The third kappa shape index (κ3) is 5.78. The fraction of sp³-hybridized carbons (Fsp3) is 0.480. The van der Waals surface area contributed by atoms with E-state index in [0.29, 0.717) is 36.7 Å². The normalized spacial score (nSPS) is 19.8. The van der Waals surface area contributed by atoms with Gasteiger partial charge in [-0.2, -0.15) is 4.31 Å². The molecule has 0 aliphatic carbocycles. The predicted octanol–water partition coefficient (Wildman–Crippen LogP) is 3.34.